The lowest BCUT2D eigenvalue weighted by Gasteiger charge is -2.36. The van der Waals surface area contributed by atoms with Gasteiger partial charge in [-0.1, -0.05) is 26.0 Å². The molecule has 2 heterocycles. The second-order valence-electron chi connectivity index (χ2n) is 6.86. The fourth-order valence-corrected chi connectivity index (χ4v) is 3.46. The Labute approximate surface area is 139 Å². The molecule has 0 bridgehead atoms. The van der Waals surface area contributed by atoms with Crippen molar-refractivity contribution in [3.05, 3.63) is 62.6 Å². The van der Waals surface area contributed by atoms with Gasteiger partial charge in [-0.15, -0.1) is 0 Å². The Balaban J connectivity index is 1.87. The lowest BCUT2D eigenvalue weighted by molar-refractivity contribution is 0.355. The molecule has 24 heavy (non-hydrogen) atoms. The SMILES string of the molecule is C[C@@H]1C[C@H](C)CN(c2cc(=O)n(Cc3ccc(F)cc3)c(=O)[nH]2)C1. The average Bonchev–Trinajstić information content (AvgIpc) is 2.51. The number of aromatic amines is 1. The van der Waals surface area contributed by atoms with Gasteiger partial charge in [0, 0.05) is 19.2 Å². The quantitative estimate of drug-likeness (QED) is 0.938. The van der Waals surface area contributed by atoms with Crippen LogP contribution >= 0.6 is 0 Å². The monoisotopic (exact) mass is 331 g/mol. The summed E-state index contributed by atoms with van der Waals surface area (Å²) in [6, 6.07) is 7.26. The van der Waals surface area contributed by atoms with Crippen molar-refractivity contribution < 1.29 is 4.39 Å². The Morgan fingerprint density at radius 2 is 1.75 bits per heavy atom. The van der Waals surface area contributed by atoms with E-state index in [9.17, 15) is 14.0 Å². The Morgan fingerprint density at radius 1 is 1.12 bits per heavy atom. The number of halogens is 1. The molecule has 3 rings (SSSR count). The van der Waals surface area contributed by atoms with Crippen LogP contribution in [0, 0.1) is 17.7 Å². The summed E-state index contributed by atoms with van der Waals surface area (Å²) >= 11 is 0. The van der Waals surface area contributed by atoms with Gasteiger partial charge >= 0.3 is 5.69 Å². The summed E-state index contributed by atoms with van der Waals surface area (Å²) in [6.07, 6.45) is 1.16. The van der Waals surface area contributed by atoms with Gasteiger partial charge in [-0.05, 0) is 36.0 Å². The number of hydrogen-bond donors (Lipinski definition) is 1. The first-order valence-corrected chi connectivity index (χ1v) is 8.26. The van der Waals surface area contributed by atoms with E-state index in [1.165, 1.54) is 18.2 Å². The highest BCUT2D eigenvalue weighted by molar-refractivity contribution is 5.37. The molecule has 2 atom stereocenters. The molecule has 6 heteroatoms. The zero-order valence-electron chi connectivity index (χ0n) is 14.0. The molecular formula is C18H22FN3O2. The van der Waals surface area contributed by atoms with Crippen molar-refractivity contribution in [1.82, 2.24) is 9.55 Å². The maximum Gasteiger partial charge on any atom is 0.330 e. The molecule has 2 aromatic rings. The molecule has 0 unspecified atom stereocenters. The van der Waals surface area contributed by atoms with Gasteiger partial charge in [0.25, 0.3) is 5.56 Å². The van der Waals surface area contributed by atoms with Crippen molar-refractivity contribution in [2.24, 2.45) is 11.8 Å². The number of anilines is 1. The number of nitrogens with zero attached hydrogens (tertiary/aromatic N) is 2. The number of rotatable bonds is 3. The number of nitrogens with one attached hydrogen (secondary N) is 1. The molecule has 1 saturated heterocycles. The highest BCUT2D eigenvalue weighted by atomic mass is 19.1. The molecule has 1 aromatic heterocycles. The van der Waals surface area contributed by atoms with Crippen molar-refractivity contribution in [2.45, 2.75) is 26.8 Å². The van der Waals surface area contributed by atoms with Crippen LogP contribution in [0.1, 0.15) is 25.8 Å². The van der Waals surface area contributed by atoms with Crippen molar-refractivity contribution in [2.75, 3.05) is 18.0 Å². The third-order valence-electron chi connectivity index (χ3n) is 4.47. The topological polar surface area (TPSA) is 58.1 Å². The van der Waals surface area contributed by atoms with Gasteiger partial charge in [0.1, 0.15) is 11.6 Å². The maximum atomic E-state index is 13.0. The molecule has 1 aliphatic heterocycles. The number of benzene rings is 1. The minimum Gasteiger partial charge on any atom is -0.357 e. The van der Waals surface area contributed by atoms with Gasteiger partial charge in [0.15, 0.2) is 0 Å². The number of hydrogen-bond acceptors (Lipinski definition) is 3. The summed E-state index contributed by atoms with van der Waals surface area (Å²) in [4.78, 5) is 29.6. The lowest BCUT2D eigenvalue weighted by Crippen LogP contribution is -2.43. The average molecular weight is 331 g/mol. The summed E-state index contributed by atoms with van der Waals surface area (Å²) in [6.45, 7) is 6.15. The van der Waals surface area contributed by atoms with E-state index >= 15 is 0 Å². The number of aromatic nitrogens is 2. The fraction of sp³-hybridized carbons (Fsp3) is 0.444. The van der Waals surface area contributed by atoms with E-state index in [0.717, 1.165) is 24.1 Å². The molecule has 0 amide bonds. The zero-order valence-corrected chi connectivity index (χ0v) is 14.0. The van der Waals surface area contributed by atoms with Crippen LogP contribution in [-0.2, 0) is 6.54 Å². The number of H-pyrrole nitrogens is 1. The van der Waals surface area contributed by atoms with Crippen LogP contribution in [-0.4, -0.2) is 22.6 Å². The molecular weight excluding hydrogens is 309 g/mol. The molecule has 1 aliphatic rings. The van der Waals surface area contributed by atoms with Gasteiger partial charge in [0.05, 0.1) is 6.54 Å². The molecule has 5 nitrogen and oxygen atoms in total. The summed E-state index contributed by atoms with van der Waals surface area (Å²) in [7, 11) is 0. The van der Waals surface area contributed by atoms with Crippen LogP contribution in [0.5, 0.6) is 0 Å². The molecule has 0 radical (unpaired) electrons. The summed E-state index contributed by atoms with van der Waals surface area (Å²) in [5.41, 5.74) is -0.0753. The Bertz CT molecular complexity index is 784. The maximum absolute atomic E-state index is 13.0. The minimum atomic E-state index is -0.437. The second-order valence-corrected chi connectivity index (χ2v) is 6.86. The van der Waals surface area contributed by atoms with E-state index in [1.807, 2.05) is 0 Å². The Morgan fingerprint density at radius 3 is 2.33 bits per heavy atom. The van der Waals surface area contributed by atoms with Crippen LogP contribution in [0.15, 0.2) is 39.9 Å². The normalized spacial score (nSPS) is 21.0. The predicted molar refractivity (Wildman–Crippen MR) is 92.0 cm³/mol. The third kappa shape index (κ3) is 3.58. The van der Waals surface area contributed by atoms with Crippen molar-refractivity contribution in [3.8, 4) is 0 Å². The van der Waals surface area contributed by atoms with Crippen LogP contribution in [0.2, 0.25) is 0 Å². The first-order valence-electron chi connectivity index (χ1n) is 8.26. The third-order valence-corrected chi connectivity index (χ3v) is 4.47. The molecule has 1 aromatic carbocycles. The van der Waals surface area contributed by atoms with E-state index in [2.05, 4.69) is 23.7 Å². The number of piperidine rings is 1. The van der Waals surface area contributed by atoms with Gasteiger partial charge in [-0.2, -0.15) is 0 Å². The van der Waals surface area contributed by atoms with Crippen molar-refractivity contribution in [3.63, 3.8) is 0 Å². The van der Waals surface area contributed by atoms with Crippen LogP contribution < -0.4 is 16.1 Å². The van der Waals surface area contributed by atoms with Crippen molar-refractivity contribution in [1.29, 1.82) is 0 Å². The summed E-state index contributed by atoms with van der Waals surface area (Å²) in [5.74, 6) is 1.29. The van der Waals surface area contributed by atoms with Crippen LogP contribution in [0.25, 0.3) is 0 Å². The second kappa shape index (κ2) is 6.63. The highest BCUT2D eigenvalue weighted by Crippen LogP contribution is 2.23. The predicted octanol–water partition coefficient (Wildman–Crippen LogP) is 2.21. The van der Waals surface area contributed by atoms with Gasteiger partial charge in [-0.25, -0.2) is 9.18 Å². The molecule has 1 fully saturated rings. The van der Waals surface area contributed by atoms with Crippen LogP contribution in [0.3, 0.4) is 0 Å². The first kappa shape index (κ1) is 16.5. The molecule has 1 N–H and O–H groups in total. The highest BCUT2D eigenvalue weighted by Gasteiger charge is 2.23. The van der Waals surface area contributed by atoms with Gasteiger partial charge in [-0.3, -0.25) is 14.3 Å². The summed E-state index contributed by atoms with van der Waals surface area (Å²) in [5, 5.41) is 0. The fourth-order valence-electron chi connectivity index (χ4n) is 3.46. The Kier molecular flexibility index (Phi) is 4.55. The molecule has 128 valence electrons. The zero-order chi connectivity index (χ0) is 17.3. The van der Waals surface area contributed by atoms with Gasteiger partial charge in [0.2, 0.25) is 0 Å². The van der Waals surface area contributed by atoms with E-state index in [1.54, 1.807) is 12.1 Å². The minimum absolute atomic E-state index is 0.127. The standard InChI is InChI=1S/C18H22FN3O2/c1-12-7-13(2)10-21(9-12)16-8-17(23)22(18(24)20-16)11-14-3-5-15(19)6-4-14/h3-6,8,12-13H,7,9-11H2,1-2H3,(H,20,24)/t12-,13+. The first-order chi connectivity index (χ1) is 11.4. The lowest BCUT2D eigenvalue weighted by atomic mass is 9.92. The van der Waals surface area contributed by atoms with Gasteiger partial charge < -0.3 is 4.90 Å². The smallest absolute Gasteiger partial charge is 0.330 e. The van der Waals surface area contributed by atoms with E-state index in [4.69, 9.17) is 0 Å². The van der Waals surface area contributed by atoms with Crippen LogP contribution in [0.4, 0.5) is 10.2 Å². The van der Waals surface area contributed by atoms with Crippen molar-refractivity contribution >= 4 is 5.82 Å². The molecule has 0 aliphatic carbocycles. The Hall–Kier alpha value is -2.37. The molecule has 0 saturated carbocycles. The van der Waals surface area contributed by atoms with E-state index in [0.29, 0.717) is 23.2 Å². The van der Waals surface area contributed by atoms with E-state index < -0.39 is 5.69 Å². The largest absolute Gasteiger partial charge is 0.357 e. The summed E-state index contributed by atoms with van der Waals surface area (Å²) < 4.78 is 14.1. The van der Waals surface area contributed by atoms with E-state index in [-0.39, 0.29) is 17.9 Å². The molecule has 0 spiro atoms.